The molecule has 3 nitrogen and oxygen atoms in total. The average Bonchev–Trinajstić information content (AvgIpc) is 2.40. The van der Waals surface area contributed by atoms with Crippen molar-refractivity contribution in [1.82, 2.24) is 5.32 Å². The minimum atomic E-state index is -0.260. The van der Waals surface area contributed by atoms with Crippen LogP contribution in [0.5, 0.6) is 5.75 Å². The molecule has 0 unspecified atom stereocenters. The summed E-state index contributed by atoms with van der Waals surface area (Å²) in [6.45, 7) is 4.23. The fraction of sp³-hybridized carbons (Fsp3) is 0.188. The topological polar surface area (TPSA) is 49.3 Å². The number of aryl methyl sites for hydroxylation is 2. The molecular weight excluding hydrogens is 238 g/mol. The Labute approximate surface area is 112 Å². The Morgan fingerprint density at radius 2 is 1.74 bits per heavy atom. The zero-order valence-corrected chi connectivity index (χ0v) is 11.1. The summed E-state index contributed by atoms with van der Waals surface area (Å²) in [5.74, 6) is -0.214. The number of benzene rings is 2. The van der Waals surface area contributed by atoms with Gasteiger partial charge in [0, 0.05) is 6.54 Å². The van der Waals surface area contributed by atoms with Gasteiger partial charge in [0.15, 0.2) is 0 Å². The fourth-order valence-corrected chi connectivity index (χ4v) is 1.92. The van der Waals surface area contributed by atoms with Gasteiger partial charge >= 0.3 is 0 Å². The summed E-state index contributed by atoms with van der Waals surface area (Å²) in [5.41, 5.74) is 3.22. The Balaban J connectivity index is 2.10. The quantitative estimate of drug-likeness (QED) is 0.886. The maximum atomic E-state index is 12.0. The van der Waals surface area contributed by atoms with Gasteiger partial charge in [-0.05, 0) is 36.6 Å². The number of nitrogens with one attached hydrogen (secondary N) is 1. The van der Waals surface area contributed by atoms with Crippen molar-refractivity contribution < 1.29 is 9.90 Å². The molecule has 1 amide bonds. The second-order valence-corrected chi connectivity index (χ2v) is 4.58. The van der Waals surface area contributed by atoms with E-state index in [0.717, 1.165) is 11.1 Å². The average molecular weight is 255 g/mol. The summed E-state index contributed by atoms with van der Waals surface area (Å²) < 4.78 is 0. The molecule has 0 spiro atoms. The number of phenols is 1. The van der Waals surface area contributed by atoms with Crippen LogP contribution in [0.4, 0.5) is 0 Å². The third kappa shape index (κ3) is 2.94. The summed E-state index contributed by atoms with van der Waals surface area (Å²) >= 11 is 0. The van der Waals surface area contributed by atoms with Gasteiger partial charge in [-0.2, -0.15) is 0 Å². The summed E-state index contributed by atoms with van der Waals surface area (Å²) in [4.78, 5) is 12.0. The van der Waals surface area contributed by atoms with E-state index in [1.807, 2.05) is 31.2 Å². The highest BCUT2D eigenvalue weighted by atomic mass is 16.3. The number of carbonyl (C=O) groups is 1. The van der Waals surface area contributed by atoms with Crippen molar-refractivity contribution in [3.8, 4) is 5.75 Å². The van der Waals surface area contributed by atoms with Crippen molar-refractivity contribution in [3.05, 3.63) is 64.7 Å². The number of rotatable bonds is 3. The second kappa shape index (κ2) is 5.57. The zero-order chi connectivity index (χ0) is 13.8. The van der Waals surface area contributed by atoms with E-state index in [-0.39, 0.29) is 11.7 Å². The van der Waals surface area contributed by atoms with Gasteiger partial charge in [-0.15, -0.1) is 0 Å². The SMILES string of the molecule is Cc1ccccc1CNC(=O)c1cccc(C)c1O. The van der Waals surface area contributed by atoms with Gasteiger partial charge in [-0.3, -0.25) is 4.79 Å². The molecule has 0 saturated carbocycles. The fourth-order valence-electron chi connectivity index (χ4n) is 1.92. The van der Waals surface area contributed by atoms with Crippen LogP contribution >= 0.6 is 0 Å². The molecule has 0 saturated heterocycles. The minimum absolute atomic E-state index is 0.0461. The van der Waals surface area contributed by atoms with Crippen molar-refractivity contribution in [2.45, 2.75) is 20.4 Å². The molecule has 0 heterocycles. The molecule has 0 bridgehead atoms. The number of carbonyl (C=O) groups excluding carboxylic acids is 1. The van der Waals surface area contributed by atoms with E-state index >= 15 is 0 Å². The highest BCUT2D eigenvalue weighted by molar-refractivity contribution is 5.97. The van der Waals surface area contributed by atoms with Gasteiger partial charge in [0.05, 0.1) is 5.56 Å². The first-order valence-electron chi connectivity index (χ1n) is 6.21. The van der Waals surface area contributed by atoms with Crippen LogP contribution in [0.2, 0.25) is 0 Å². The third-order valence-corrected chi connectivity index (χ3v) is 3.18. The molecule has 0 aliphatic heterocycles. The van der Waals surface area contributed by atoms with Crippen LogP contribution in [-0.2, 0) is 6.54 Å². The lowest BCUT2D eigenvalue weighted by molar-refractivity contribution is 0.0948. The lowest BCUT2D eigenvalue weighted by atomic mass is 10.1. The first-order valence-corrected chi connectivity index (χ1v) is 6.21. The van der Waals surface area contributed by atoms with Crippen LogP contribution in [-0.4, -0.2) is 11.0 Å². The lowest BCUT2D eigenvalue weighted by Gasteiger charge is -2.09. The molecule has 2 aromatic carbocycles. The first kappa shape index (κ1) is 13.1. The smallest absolute Gasteiger partial charge is 0.255 e. The van der Waals surface area contributed by atoms with Gasteiger partial charge < -0.3 is 10.4 Å². The summed E-state index contributed by atoms with van der Waals surface area (Å²) in [7, 11) is 0. The molecule has 3 heteroatoms. The largest absolute Gasteiger partial charge is 0.507 e. The van der Waals surface area contributed by atoms with E-state index in [2.05, 4.69) is 5.32 Å². The maximum absolute atomic E-state index is 12.0. The van der Waals surface area contributed by atoms with Crippen LogP contribution < -0.4 is 5.32 Å². The Morgan fingerprint density at radius 3 is 2.47 bits per heavy atom. The Hall–Kier alpha value is -2.29. The van der Waals surface area contributed by atoms with Crippen LogP contribution in [0.15, 0.2) is 42.5 Å². The van der Waals surface area contributed by atoms with E-state index in [1.54, 1.807) is 25.1 Å². The number of phenolic OH excluding ortho intramolecular Hbond substituents is 1. The standard InChI is InChI=1S/C16H17NO2/c1-11-6-3-4-8-13(11)10-17-16(19)14-9-5-7-12(2)15(14)18/h3-9,18H,10H2,1-2H3,(H,17,19). The molecule has 0 aromatic heterocycles. The van der Waals surface area contributed by atoms with Crippen LogP contribution in [0.3, 0.4) is 0 Å². The van der Waals surface area contributed by atoms with Crippen molar-refractivity contribution >= 4 is 5.91 Å². The summed E-state index contributed by atoms with van der Waals surface area (Å²) in [6.07, 6.45) is 0. The number of para-hydroxylation sites is 1. The minimum Gasteiger partial charge on any atom is -0.507 e. The molecule has 0 radical (unpaired) electrons. The molecule has 19 heavy (non-hydrogen) atoms. The van der Waals surface area contributed by atoms with Crippen molar-refractivity contribution in [3.63, 3.8) is 0 Å². The predicted molar refractivity (Wildman–Crippen MR) is 75.2 cm³/mol. The van der Waals surface area contributed by atoms with Crippen molar-refractivity contribution in [1.29, 1.82) is 0 Å². The third-order valence-electron chi connectivity index (χ3n) is 3.18. The van der Waals surface area contributed by atoms with E-state index in [9.17, 15) is 9.90 Å². The predicted octanol–water partition coefficient (Wildman–Crippen LogP) is 2.94. The van der Waals surface area contributed by atoms with Gasteiger partial charge in [0.2, 0.25) is 0 Å². The van der Waals surface area contributed by atoms with Gasteiger partial charge in [0.1, 0.15) is 5.75 Å². The van der Waals surface area contributed by atoms with Gasteiger partial charge in [-0.1, -0.05) is 36.4 Å². The number of amides is 1. The highest BCUT2D eigenvalue weighted by Gasteiger charge is 2.12. The van der Waals surface area contributed by atoms with Crippen molar-refractivity contribution in [2.75, 3.05) is 0 Å². The van der Waals surface area contributed by atoms with E-state index in [0.29, 0.717) is 17.7 Å². The van der Waals surface area contributed by atoms with E-state index in [4.69, 9.17) is 0 Å². The molecule has 0 fully saturated rings. The number of hydrogen-bond donors (Lipinski definition) is 2. The monoisotopic (exact) mass is 255 g/mol. The Kier molecular flexibility index (Phi) is 3.85. The first-order chi connectivity index (χ1) is 9.09. The highest BCUT2D eigenvalue weighted by Crippen LogP contribution is 2.21. The Bertz CT molecular complexity index is 605. The maximum Gasteiger partial charge on any atom is 0.255 e. The lowest BCUT2D eigenvalue weighted by Crippen LogP contribution is -2.23. The number of hydrogen-bond acceptors (Lipinski definition) is 2. The van der Waals surface area contributed by atoms with Gasteiger partial charge in [0.25, 0.3) is 5.91 Å². The molecule has 2 aromatic rings. The molecule has 0 aliphatic carbocycles. The number of aromatic hydroxyl groups is 1. The Morgan fingerprint density at radius 1 is 1.05 bits per heavy atom. The summed E-state index contributed by atoms with van der Waals surface area (Å²) in [5, 5.41) is 12.7. The second-order valence-electron chi connectivity index (χ2n) is 4.58. The molecule has 2 rings (SSSR count). The van der Waals surface area contributed by atoms with Gasteiger partial charge in [-0.25, -0.2) is 0 Å². The summed E-state index contributed by atoms with van der Waals surface area (Å²) in [6, 6.07) is 13.0. The normalized spacial score (nSPS) is 10.2. The zero-order valence-electron chi connectivity index (χ0n) is 11.1. The van der Waals surface area contributed by atoms with Crippen molar-refractivity contribution in [2.24, 2.45) is 0 Å². The van der Waals surface area contributed by atoms with Crippen LogP contribution in [0.1, 0.15) is 27.0 Å². The van der Waals surface area contributed by atoms with E-state index in [1.165, 1.54) is 0 Å². The van der Waals surface area contributed by atoms with Crippen LogP contribution in [0, 0.1) is 13.8 Å². The molecule has 2 N–H and O–H groups in total. The molecule has 0 aliphatic rings. The molecule has 0 atom stereocenters. The van der Waals surface area contributed by atoms with E-state index < -0.39 is 0 Å². The molecule has 98 valence electrons. The van der Waals surface area contributed by atoms with Crippen LogP contribution in [0.25, 0.3) is 0 Å². The molecular formula is C16H17NO2.